The Bertz CT molecular complexity index is 591. The lowest BCUT2D eigenvalue weighted by atomic mass is 10.0. The van der Waals surface area contributed by atoms with Gasteiger partial charge in [0.25, 0.3) is 0 Å². The van der Waals surface area contributed by atoms with Gasteiger partial charge < -0.3 is 16.0 Å². The summed E-state index contributed by atoms with van der Waals surface area (Å²) in [5, 5.41) is 3.54. The quantitative estimate of drug-likeness (QED) is 0.825. The Kier molecular flexibility index (Phi) is 6.63. The number of amides is 2. The number of hydrogen-bond acceptors (Lipinski definition) is 3. The number of rotatable bonds is 6. The average molecular weight is 352 g/mol. The molecule has 2 rings (SSSR count). The molecule has 1 saturated heterocycles. The SMILES string of the molecule is CC(C)CC(N)C(=O)N1CCCC1C(=O)NCc1cccc(Cl)c1. The molecule has 1 fully saturated rings. The number of carbonyl (C=O) groups is 2. The Labute approximate surface area is 148 Å². The molecule has 24 heavy (non-hydrogen) atoms. The average Bonchev–Trinajstić information content (AvgIpc) is 3.00. The predicted octanol–water partition coefficient (Wildman–Crippen LogP) is 2.32. The van der Waals surface area contributed by atoms with Gasteiger partial charge in [-0.2, -0.15) is 0 Å². The van der Waals surface area contributed by atoms with Crippen molar-refractivity contribution in [2.24, 2.45) is 11.7 Å². The van der Waals surface area contributed by atoms with Crippen LogP contribution in [-0.4, -0.2) is 35.3 Å². The molecule has 132 valence electrons. The van der Waals surface area contributed by atoms with Crippen LogP contribution in [0.5, 0.6) is 0 Å². The molecular formula is C18H26ClN3O2. The zero-order valence-corrected chi connectivity index (χ0v) is 15.1. The second-order valence-corrected chi connectivity index (χ2v) is 7.21. The number of nitrogens with one attached hydrogen (secondary N) is 1. The molecule has 0 saturated carbocycles. The number of halogens is 1. The zero-order chi connectivity index (χ0) is 17.7. The molecule has 1 aliphatic rings. The van der Waals surface area contributed by atoms with E-state index in [-0.39, 0.29) is 11.8 Å². The Balaban J connectivity index is 1.94. The molecular weight excluding hydrogens is 326 g/mol. The number of hydrogen-bond donors (Lipinski definition) is 2. The fourth-order valence-electron chi connectivity index (χ4n) is 3.08. The lowest BCUT2D eigenvalue weighted by molar-refractivity contribution is -0.139. The molecule has 6 heteroatoms. The maximum Gasteiger partial charge on any atom is 0.243 e. The van der Waals surface area contributed by atoms with E-state index in [9.17, 15) is 9.59 Å². The van der Waals surface area contributed by atoms with E-state index in [2.05, 4.69) is 5.32 Å². The van der Waals surface area contributed by atoms with Gasteiger partial charge in [0.15, 0.2) is 0 Å². The maximum absolute atomic E-state index is 12.5. The van der Waals surface area contributed by atoms with Gasteiger partial charge in [-0.1, -0.05) is 37.6 Å². The van der Waals surface area contributed by atoms with Gasteiger partial charge >= 0.3 is 0 Å². The van der Waals surface area contributed by atoms with Crippen LogP contribution >= 0.6 is 11.6 Å². The van der Waals surface area contributed by atoms with Crippen molar-refractivity contribution >= 4 is 23.4 Å². The first-order valence-electron chi connectivity index (χ1n) is 8.46. The van der Waals surface area contributed by atoms with E-state index in [1.54, 1.807) is 11.0 Å². The zero-order valence-electron chi connectivity index (χ0n) is 14.3. The van der Waals surface area contributed by atoms with E-state index >= 15 is 0 Å². The van der Waals surface area contributed by atoms with Crippen molar-refractivity contribution in [1.82, 2.24) is 10.2 Å². The van der Waals surface area contributed by atoms with Crippen molar-refractivity contribution in [3.05, 3.63) is 34.9 Å². The molecule has 0 spiro atoms. The minimum Gasteiger partial charge on any atom is -0.350 e. The minimum atomic E-state index is -0.536. The van der Waals surface area contributed by atoms with E-state index in [1.165, 1.54) is 0 Å². The molecule has 2 unspecified atom stereocenters. The second kappa shape index (κ2) is 8.49. The molecule has 1 aromatic carbocycles. The highest BCUT2D eigenvalue weighted by Gasteiger charge is 2.36. The summed E-state index contributed by atoms with van der Waals surface area (Å²) in [4.78, 5) is 26.6. The molecule has 3 N–H and O–H groups in total. The van der Waals surface area contributed by atoms with Crippen LogP contribution in [0.3, 0.4) is 0 Å². The molecule has 2 atom stereocenters. The van der Waals surface area contributed by atoms with Gasteiger partial charge in [0.05, 0.1) is 6.04 Å². The van der Waals surface area contributed by atoms with Gasteiger partial charge in [0.1, 0.15) is 6.04 Å². The van der Waals surface area contributed by atoms with Crippen molar-refractivity contribution in [2.45, 2.75) is 51.7 Å². The molecule has 2 amide bonds. The maximum atomic E-state index is 12.5. The van der Waals surface area contributed by atoms with Crippen LogP contribution < -0.4 is 11.1 Å². The van der Waals surface area contributed by atoms with Crippen LogP contribution in [-0.2, 0) is 16.1 Å². The Morgan fingerprint density at radius 3 is 2.83 bits per heavy atom. The minimum absolute atomic E-state index is 0.121. The molecule has 0 aliphatic carbocycles. The molecule has 0 bridgehead atoms. The molecule has 1 heterocycles. The fraction of sp³-hybridized carbons (Fsp3) is 0.556. The molecule has 1 aromatic rings. The Morgan fingerprint density at radius 2 is 2.17 bits per heavy atom. The van der Waals surface area contributed by atoms with E-state index in [4.69, 9.17) is 17.3 Å². The molecule has 5 nitrogen and oxygen atoms in total. The number of nitrogens with two attached hydrogens (primary N) is 1. The summed E-state index contributed by atoms with van der Waals surface area (Å²) in [5.74, 6) is 0.100. The van der Waals surface area contributed by atoms with Crippen molar-refractivity contribution < 1.29 is 9.59 Å². The van der Waals surface area contributed by atoms with Gasteiger partial charge in [0, 0.05) is 18.1 Å². The summed E-state index contributed by atoms with van der Waals surface area (Å²) in [6.07, 6.45) is 2.14. The highest BCUT2D eigenvalue weighted by Crippen LogP contribution is 2.20. The first-order chi connectivity index (χ1) is 11.4. The van der Waals surface area contributed by atoms with Crippen molar-refractivity contribution in [1.29, 1.82) is 0 Å². The lowest BCUT2D eigenvalue weighted by Crippen LogP contribution is -2.51. The summed E-state index contributed by atoms with van der Waals surface area (Å²) < 4.78 is 0. The highest BCUT2D eigenvalue weighted by atomic mass is 35.5. The van der Waals surface area contributed by atoms with Gasteiger partial charge in [0.2, 0.25) is 11.8 Å². The van der Waals surface area contributed by atoms with Crippen LogP contribution in [0, 0.1) is 5.92 Å². The number of nitrogens with zero attached hydrogens (tertiary/aromatic N) is 1. The van der Waals surface area contributed by atoms with Gasteiger partial charge in [-0.25, -0.2) is 0 Å². The predicted molar refractivity (Wildman–Crippen MR) is 95.5 cm³/mol. The third kappa shape index (κ3) is 4.95. The van der Waals surface area contributed by atoms with E-state index in [0.717, 1.165) is 12.0 Å². The van der Waals surface area contributed by atoms with Gasteiger partial charge in [-0.3, -0.25) is 9.59 Å². The van der Waals surface area contributed by atoms with Gasteiger partial charge in [-0.15, -0.1) is 0 Å². The Morgan fingerprint density at radius 1 is 1.42 bits per heavy atom. The van der Waals surface area contributed by atoms with Crippen LogP contribution in [0.2, 0.25) is 5.02 Å². The largest absolute Gasteiger partial charge is 0.350 e. The van der Waals surface area contributed by atoms with Crippen LogP contribution in [0.15, 0.2) is 24.3 Å². The molecule has 1 aliphatic heterocycles. The number of likely N-dealkylation sites (tertiary alicyclic amines) is 1. The standard InChI is InChI=1S/C18H26ClN3O2/c1-12(2)9-15(20)18(24)22-8-4-7-16(22)17(23)21-11-13-5-3-6-14(19)10-13/h3,5-6,10,12,15-16H,4,7-9,11,20H2,1-2H3,(H,21,23). The monoisotopic (exact) mass is 351 g/mol. The topological polar surface area (TPSA) is 75.4 Å². The first kappa shape index (κ1) is 18.7. The van der Waals surface area contributed by atoms with Crippen molar-refractivity contribution in [3.8, 4) is 0 Å². The van der Waals surface area contributed by atoms with E-state index in [1.807, 2.05) is 32.0 Å². The normalized spacial score (nSPS) is 18.7. The van der Waals surface area contributed by atoms with Crippen molar-refractivity contribution in [3.63, 3.8) is 0 Å². The number of carbonyl (C=O) groups excluding carboxylic acids is 2. The summed E-state index contributed by atoms with van der Waals surface area (Å²) in [7, 11) is 0. The summed E-state index contributed by atoms with van der Waals surface area (Å²) >= 11 is 5.95. The van der Waals surface area contributed by atoms with Crippen LogP contribution in [0.25, 0.3) is 0 Å². The lowest BCUT2D eigenvalue weighted by Gasteiger charge is -2.27. The third-order valence-electron chi connectivity index (χ3n) is 4.24. The summed E-state index contributed by atoms with van der Waals surface area (Å²) in [6.45, 7) is 5.06. The van der Waals surface area contributed by atoms with Crippen molar-refractivity contribution in [2.75, 3.05) is 6.54 Å². The second-order valence-electron chi connectivity index (χ2n) is 6.77. The summed E-state index contributed by atoms with van der Waals surface area (Å²) in [5.41, 5.74) is 6.94. The van der Waals surface area contributed by atoms with Crippen LogP contribution in [0.1, 0.15) is 38.7 Å². The Hall–Kier alpha value is -1.59. The van der Waals surface area contributed by atoms with Gasteiger partial charge in [-0.05, 0) is 42.9 Å². The van der Waals surface area contributed by atoms with E-state index in [0.29, 0.717) is 36.9 Å². The smallest absolute Gasteiger partial charge is 0.243 e. The summed E-state index contributed by atoms with van der Waals surface area (Å²) in [6, 6.07) is 6.40. The first-order valence-corrected chi connectivity index (χ1v) is 8.84. The molecule has 0 radical (unpaired) electrons. The highest BCUT2D eigenvalue weighted by molar-refractivity contribution is 6.30. The van der Waals surface area contributed by atoms with Crippen LogP contribution in [0.4, 0.5) is 0 Å². The number of benzene rings is 1. The van der Waals surface area contributed by atoms with E-state index < -0.39 is 12.1 Å². The third-order valence-corrected chi connectivity index (χ3v) is 4.47. The fourth-order valence-corrected chi connectivity index (χ4v) is 3.29. The molecule has 0 aromatic heterocycles.